The Morgan fingerprint density at radius 1 is 1.24 bits per heavy atom. The van der Waals surface area contributed by atoms with Crippen molar-refractivity contribution in [3.05, 3.63) is 33.8 Å². The summed E-state index contributed by atoms with van der Waals surface area (Å²) in [4.78, 5) is 26.8. The van der Waals surface area contributed by atoms with Gasteiger partial charge in [0.1, 0.15) is 6.04 Å². The summed E-state index contributed by atoms with van der Waals surface area (Å²) in [5, 5.41) is 4.01. The predicted molar refractivity (Wildman–Crippen MR) is 102 cm³/mol. The van der Waals surface area contributed by atoms with Gasteiger partial charge in [-0.1, -0.05) is 49.0 Å². The highest BCUT2D eigenvalue weighted by atomic mass is 35.5. The first-order chi connectivity index (χ1) is 11.9. The van der Waals surface area contributed by atoms with Gasteiger partial charge in [-0.15, -0.1) is 0 Å². The molecule has 1 fully saturated rings. The van der Waals surface area contributed by atoms with Crippen molar-refractivity contribution >= 4 is 35.0 Å². The van der Waals surface area contributed by atoms with Crippen molar-refractivity contribution in [1.29, 1.82) is 0 Å². The zero-order valence-electron chi connectivity index (χ0n) is 14.9. The Bertz CT molecular complexity index is 615. The average Bonchev–Trinajstić information content (AvgIpc) is 3.08. The van der Waals surface area contributed by atoms with Gasteiger partial charge in [-0.2, -0.15) is 0 Å². The van der Waals surface area contributed by atoms with E-state index < -0.39 is 6.04 Å². The Morgan fingerprint density at radius 2 is 1.92 bits per heavy atom. The molecule has 2 amide bonds. The highest BCUT2D eigenvalue weighted by Crippen LogP contribution is 2.24. The smallest absolute Gasteiger partial charge is 0.242 e. The second-order valence-corrected chi connectivity index (χ2v) is 7.50. The number of nitrogens with one attached hydrogen (secondary N) is 1. The van der Waals surface area contributed by atoms with Gasteiger partial charge in [0.2, 0.25) is 11.8 Å². The van der Waals surface area contributed by atoms with Crippen molar-refractivity contribution in [3.63, 3.8) is 0 Å². The molecule has 1 aliphatic rings. The molecule has 25 heavy (non-hydrogen) atoms. The molecule has 2 rings (SSSR count). The van der Waals surface area contributed by atoms with Gasteiger partial charge in [0, 0.05) is 19.0 Å². The fourth-order valence-electron chi connectivity index (χ4n) is 3.17. The molecule has 0 aliphatic heterocycles. The third-order valence-electron chi connectivity index (χ3n) is 4.67. The minimum atomic E-state index is -0.519. The van der Waals surface area contributed by atoms with E-state index in [9.17, 15) is 9.59 Å². The number of halogens is 2. The molecule has 0 bridgehead atoms. The molecule has 0 saturated heterocycles. The second kappa shape index (κ2) is 9.44. The fourth-order valence-corrected chi connectivity index (χ4v) is 3.49. The number of nitrogens with zero attached hydrogens (tertiary/aromatic N) is 1. The van der Waals surface area contributed by atoms with Gasteiger partial charge in [0.05, 0.1) is 10.0 Å². The van der Waals surface area contributed by atoms with E-state index in [1.807, 2.05) is 13.0 Å². The van der Waals surface area contributed by atoms with E-state index in [-0.39, 0.29) is 17.9 Å². The number of rotatable bonds is 7. The number of amides is 2. The second-order valence-electron chi connectivity index (χ2n) is 6.69. The van der Waals surface area contributed by atoms with Crippen molar-refractivity contribution in [1.82, 2.24) is 10.2 Å². The molecule has 1 atom stereocenters. The Labute approximate surface area is 159 Å². The summed E-state index contributed by atoms with van der Waals surface area (Å²) in [5.74, 6) is -0.112. The Kier molecular flexibility index (Phi) is 7.57. The van der Waals surface area contributed by atoms with Crippen LogP contribution < -0.4 is 5.32 Å². The first-order valence-electron chi connectivity index (χ1n) is 8.96. The molecule has 0 spiro atoms. The zero-order valence-corrected chi connectivity index (χ0v) is 16.4. The van der Waals surface area contributed by atoms with Crippen LogP contribution >= 0.6 is 23.2 Å². The summed E-state index contributed by atoms with van der Waals surface area (Å²) in [7, 11) is 0. The predicted octanol–water partition coefficient (Wildman–Crippen LogP) is 4.57. The largest absolute Gasteiger partial charge is 0.352 e. The third-order valence-corrected chi connectivity index (χ3v) is 5.41. The maximum Gasteiger partial charge on any atom is 0.242 e. The lowest BCUT2D eigenvalue weighted by Gasteiger charge is -2.29. The van der Waals surface area contributed by atoms with E-state index in [4.69, 9.17) is 23.2 Å². The van der Waals surface area contributed by atoms with E-state index in [1.165, 1.54) is 0 Å². The van der Waals surface area contributed by atoms with Gasteiger partial charge in [-0.25, -0.2) is 0 Å². The van der Waals surface area contributed by atoms with Crippen LogP contribution in [0.1, 0.15) is 57.9 Å². The van der Waals surface area contributed by atoms with Crippen LogP contribution in [0.4, 0.5) is 0 Å². The number of carbonyl (C=O) groups is 2. The Morgan fingerprint density at radius 3 is 2.52 bits per heavy atom. The molecule has 4 nitrogen and oxygen atoms in total. The summed E-state index contributed by atoms with van der Waals surface area (Å²) >= 11 is 12.0. The van der Waals surface area contributed by atoms with Gasteiger partial charge in [-0.3, -0.25) is 9.59 Å². The van der Waals surface area contributed by atoms with Crippen LogP contribution in [0, 0.1) is 0 Å². The third kappa shape index (κ3) is 5.61. The summed E-state index contributed by atoms with van der Waals surface area (Å²) < 4.78 is 0. The van der Waals surface area contributed by atoms with Crippen LogP contribution in [0.15, 0.2) is 18.2 Å². The highest BCUT2D eigenvalue weighted by Gasteiger charge is 2.28. The first kappa shape index (κ1) is 20.1. The lowest BCUT2D eigenvalue weighted by Crippen LogP contribution is -2.49. The molecule has 6 heteroatoms. The molecular weight excluding hydrogens is 359 g/mol. The number of hydrogen-bond acceptors (Lipinski definition) is 2. The number of carbonyl (C=O) groups excluding carboxylic acids is 2. The number of benzene rings is 1. The topological polar surface area (TPSA) is 49.4 Å². The monoisotopic (exact) mass is 384 g/mol. The molecule has 1 saturated carbocycles. The maximum atomic E-state index is 12.6. The summed E-state index contributed by atoms with van der Waals surface area (Å²) in [6, 6.07) is 5.02. The van der Waals surface area contributed by atoms with Crippen LogP contribution in [0.5, 0.6) is 0 Å². The van der Waals surface area contributed by atoms with Crippen molar-refractivity contribution in [3.8, 4) is 0 Å². The summed E-state index contributed by atoms with van der Waals surface area (Å²) in [5.41, 5.74) is 0.861. The SMILES string of the molecule is CCCC(=O)N(Cc1ccc(Cl)c(Cl)c1)[C@H](C)C(=O)NC1CCCC1. The molecular formula is C19H26Cl2N2O2. The van der Waals surface area contributed by atoms with Crippen LogP contribution in [-0.2, 0) is 16.1 Å². The Balaban J connectivity index is 2.11. The van der Waals surface area contributed by atoms with Crippen molar-refractivity contribution in [2.45, 2.75) is 71.0 Å². The fraction of sp³-hybridized carbons (Fsp3) is 0.579. The van der Waals surface area contributed by atoms with Gasteiger partial charge in [0.25, 0.3) is 0 Å². The van der Waals surface area contributed by atoms with E-state index in [0.29, 0.717) is 23.0 Å². The standard InChI is InChI=1S/C19H26Cl2N2O2/c1-3-6-18(24)23(12-14-9-10-16(20)17(21)11-14)13(2)19(25)22-15-7-4-5-8-15/h9-11,13,15H,3-8,12H2,1-2H3,(H,22,25)/t13-/m1/s1. The molecule has 0 radical (unpaired) electrons. The summed E-state index contributed by atoms with van der Waals surface area (Å²) in [6.45, 7) is 4.09. The highest BCUT2D eigenvalue weighted by molar-refractivity contribution is 6.42. The van der Waals surface area contributed by atoms with Gasteiger partial charge >= 0.3 is 0 Å². The van der Waals surface area contributed by atoms with Crippen molar-refractivity contribution < 1.29 is 9.59 Å². The van der Waals surface area contributed by atoms with Gasteiger partial charge in [-0.05, 0) is 43.9 Å². The summed E-state index contributed by atoms with van der Waals surface area (Å²) in [6.07, 6.45) is 5.51. The zero-order chi connectivity index (χ0) is 18.4. The average molecular weight is 385 g/mol. The minimum absolute atomic E-state index is 0.0253. The molecule has 0 heterocycles. The minimum Gasteiger partial charge on any atom is -0.352 e. The molecule has 1 aromatic rings. The van der Waals surface area contributed by atoms with Crippen molar-refractivity contribution in [2.75, 3.05) is 0 Å². The normalized spacial score (nSPS) is 15.8. The van der Waals surface area contributed by atoms with E-state index in [0.717, 1.165) is 37.7 Å². The molecule has 1 aromatic carbocycles. The molecule has 0 aromatic heterocycles. The van der Waals surface area contributed by atoms with E-state index >= 15 is 0 Å². The van der Waals surface area contributed by atoms with E-state index in [1.54, 1.807) is 24.0 Å². The van der Waals surface area contributed by atoms with Crippen molar-refractivity contribution in [2.24, 2.45) is 0 Å². The quantitative estimate of drug-likeness (QED) is 0.748. The van der Waals surface area contributed by atoms with E-state index in [2.05, 4.69) is 5.32 Å². The lowest BCUT2D eigenvalue weighted by atomic mass is 10.1. The molecule has 1 aliphatic carbocycles. The van der Waals surface area contributed by atoms with Crippen LogP contribution in [0.25, 0.3) is 0 Å². The molecule has 138 valence electrons. The number of hydrogen-bond donors (Lipinski definition) is 1. The van der Waals surface area contributed by atoms with Crippen LogP contribution in [-0.4, -0.2) is 28.8 Å². The van der Waals surface area contributed by atoms with Crippen LogP contribution in [0.3, 0.4) is 0 Å². The Hall–Kier alpha value is -1.26. The van der Waals surface area contributed by atoms with Gasteiger partial charge < -0.3 is 10.2 Å². The molecule has 1 N–H and O–H groups in total. The first-order valence-corrected chi connectivity index (χ1v) is 9.71. The van der Waals surface area contributed by atoms with Crippen LogP contribution in [0.2, 0.25) is 10.0 Å². The lowest BCUT2D eigenvalue weighted by molar-refractivity contribution is -0.140. The molecule has 0 unspecified atom stereocenters. The van der Waals surface area contributed by atoms with Gasteiger partial charge in [0.15, 0.2) is 0 Å². The maximum absolute atomic E-state index is 12.6.